The van der Waals surface area contributed by atoms with Crippen LogP contribution in [0.3, 0.4) is 0 Å². The Bertz CT molecular complexity index is 506. The Labute approximate surface area is 111 Å². The molecule has 0 saturated heterocycles. The zero-order chi connectivity index (χ0) is 14.3. The summed E-state index contributed by atoms with van der Waals surface area (Å²) in [5.74, 6) is 0.159. The van der Waals surface area contributed by atoms with Gasteiger partial charge in [-0.3, -0.25) is 9.17 Å². The van der Waals surface area contributed by atoms with Crippen LogP contribution in [0.1, 0.15) is 11.3 Å². The van der Waals surface area contributed by atoms with E-state index in [1.807, 2.05) is 0 Å². The van der Waals surface area contributed by atoms with Crippen molar-refractivity contribution in [1.29, 1.82) is 0 Å². The number of hydrogen-bond donors (Lipinski definition) is 0. The Hall–Kier alpha value is -1.25. The molecule has 0 aliphatic rings. The van der Waals surface area contributed by atoms with E-state index in [9.17, 15) is 12.8 Å². The van der Waals surface area contributed by atoms with Crippen molar-refractivity contribution in [3.05, 3.63) is 23.5 Å². The molecule has 0 N–H and O–H groups in total. The summed E-state index contributed by atoms with van der Waals surface area (Å²) >= 11 is 0. The average molecular weight is 293 g/mol. The fourth-order valence-corrected chi connectivity index (χ4v) is 2.10. The summed E-state index contributed by atoms with van der Waals surface area (Å²) in [5.41, 5.74) is 0.953. The molecule has 0 aromatic carbocycles. The largest absolute Gasteiger partial charge is 0.491 e. The smallest absolute Gasteiger partial charge is 0.272 e. The lowest BCUT2D eigenvalue weighted by molar-refractivity contribution is 0.0390. The SMILES string of the molecule is COS(=O)(=O)Cc1nccc(OCCOCF)c1C. The quantitative estimate of drug-likeness (QED) is 0.529. The monoisotopic (exact) mass is 293 g/mol. The highest BCUT2D eigenvalue weighted by molar-refractivity contribution is 7.85. The van der Waals surface area contributed by atoms with Crippen molar-refractivity contribution in [3.8, 4) is 5.75 Å². The fraction of sp³-hybridized carbons (Fsp3) is 0.545. The molecule has 0 radical (unpaired) electrons. The molecule has 0 atom stereocenters. The summed E-state index contributed by atoms with van der Waals surface area (Å²) in [5, 5.41) is 0. The normalized spacial score (nSPS) is 11.5. The number of alkyl halides is 1. The van der Waals surface area contributed by atoms with Crippen molar-refractivity contribution in [2.24, 2.45) is 0 Å². The van der Waals surface area contributed by atoms with Gasteiger partial charge in [0.2, 0.25) is 0 Å². The van der Waals surface area contributed by atoms with E-state index in [1.165, 1.54) is 6.20 Å². The van der Waals surface area contributed by atoms with Gasteiger partial charge in [0.25, 0.3) is 10.1 Å². The van der Waals surface area contributed by atoms with Gasteiger partial charge in [-0.25, -0.2) is 4.39 Å². The van der Waals surface area contributed by atoms with E-state index in [1.54, 1.807) is 13.0 Å². The number of hydrogen-bond acceptors (Lipinski definition) is 6. The topological polar surface area (TPSA) is 74.7 Å². The van der Waals surface area contributed by atoms with Crippen molar-refractivity contribution < 1.29 is 26.5 Å². The van der Waals surface area contributed by atoms with E-state index in [0.29, 0.717) is 17.0 Å². The first-order valence-corrected chi connectivity index (χ1v) is 7.07. The maximum atomic E-state index is 11.7. The predicted octanol–water partition coefficient (Wildman–Crippen LogP) is 1.19. The van der Waals surface area contributed by atoms with Gasteiger partial charge >= 0.3 is 0 Å². The van der Waals surface area contributed by atoms with Crippen LogP contribution >= 0.6 is 0 Å². The highest BCUT2D eigenvalue weighted by Gasteiger charge is 2.15. The molecule has 1 rings (SSSR count). The number of halogens is 1. The van der Waals surface area contributed by atoms with Gasteiger partial charge < -0.3 is 9.47 Å². The molecule has 1 aromatic rings. The maximum absolute atomic E-state index is 11.7. The highest BCUT2D eigenvalue weighted by Crippen LogP contribution is 2.21. The molecule has 0 spiro atoms. The van der Waals surface area contributed by atoms with Crippen LogP contribution in [-0.4, -0.2) is 40.6 Å². The Morgan fingerprint density at radius 3 is 2.74 bits per heavy atom. The van der Waals surface area contributed by atoms with E-state index in [-0.39, 0.29) is 19.0 Å². The van der Waals surface area contributed by atoms with Crippen molar-refractivity contribution >= 4 is 10.1 Å². The number of ether oxygens (including phenoxy) is 2. The fourth-order valence-electron chi connectivity index (χ4n) is 1.35. The van der Waals surface area contributed by atoms with Gasteiger partial charge in [-0.1, -0.05) is 0 Å². The van der Waals surface area contributed by atoms with Gasteiger partial charge in [0.1, 0.15) is 18.1 Å². The zero-order valence-corrected chi connectivity index (χ0v) is 11.6. The molecule has 108 valence electrons. The first-order chi connectivity index (χ1) is 9.00. The molecule has 0 aliphatic heterocycles. The lowest BCUT2D eigenvalue weighted by Gasteiger charge is -2.11. The lowest BCUT2D eigenvalue weighted by atomic mass is 10.2. The zero-order valence-electron chi connectivity index (χ0n) is 10.8. The van der Waals surface area contributed by atoms with Crippen LogP contribution in [0, 0.1) is 6.92 Å². The standard InChI is InChI=1S/C11H16FNO5S/c1-9-10(7-19(14,15)16-2)13-4-3-11(9)18-6-5-17-8-12/h3-4H,5-8H2,1-2H3. The van der Waals surface area contributed by atoms with Crippen molar-refractivity contribution in [2.45, 2.75) is 12.7 Å². The highest BCUT2D eigenvalue weighted by atomic mass is 32.2. The molecule has 1 heterocycles. The summed E-state index contributed by atoms with van der Waals surface area (Å²) in [6.45, 7) is 1.12. The summed E-state index contributed by atoms with van der Waals surface area (Å²) in [6, 6.07) is 1.60. The lowest BCUT2D eigenvalue weighted by Crippen LogP contribution is -2.11. The minimum Gasteiger partial charge on any atom is -0.491 e. The Morgan fingerprint density at radius 2 is 2.11 bits per heavy atom. The predicted molar refractivity (Wildman–Crippen MR) is 66.0 cm³/mol. The van der Waals surface area contributed by atoms with E-state index >= 15 is 0 Å². The van der Waals surface area contributed by atoms with Gasteiger partial charge in [-0.05, 0) is 13.0 Å². The third-order valence-electron chi connectivity index (χ3n) is 2.39. The molecule has 0 saturated carbocycles. The summed E-state index contributed by atoms with van der Waals surface area (Å²) in [7, 11) is -2.54. The molecule has 1 aromatic heterocycles. The van der Waals surface area contributed by atoms with Crippen LogP contribution in [0.15, 0.2) is 12.3 Å². The maximum Gasteiger partial charge on any atom is 0.272 e. The van der Waals surface area contributed by atoms with Crippen molar-refractivity contribution in [3.63, 3.8) is 0 Å². The van der Waals surface area contributed by atoms with Gasteiger partial charge in [-0.2, -0.15) is 8.42 Å². The molecule has 6 nitrogen and oxygen atoms in total. The second-order valence-electron chi connectivity index (χ2n) is 3.62. The van der Waals surface area contributed by atoms with E-state index in [2.05, 4.69) is 13.9 Å². The number of nitrogens with zero attached hydrogens (tertiary/aromatic N) is 1. The summed E-state index contributed by atoms with van der Waals surface area (Å²) < 4.78 is 48.7. The summed E-state index contributed by atoms with van der Waals surface area (Å²) in [6.07, 6.45) is 1.44. The number of aromatic nitrogens is 1. The molecule has 0 bridgehead atoms. The first-order valence-electron chi connectivity index (χ1n) is 5.49. The molecule has 8 heteroatoms. The number of rotatable bonds is 8. The molecule has 0 unspecified atom stereocenters. The Balaban J connectivity index is 2.75. The van der Waals surface area contributed by atoms with Crippen molar-refractivity contribution in [1.82, 2.24) is 4.98 Å². The molecule has 0 fully saturated rings. The van der Waals surface area contributed by atoms with Gasteiger partial charge in [0.15, 0.2) is 6.86 Å². The third kappa shape index (κ3) is 5.09. The Morgan fingerprint density at radius 1 is 1.37 bits per heavy atom. The Kier molecular flexibility index (Phi) is 6.13. The van der Waals surface area contributed by atoms with Crippen LogP contribution in [0.2, 0.25) is 0 Å². The second kappa shape index (κ2) is 7.37. The van der Waals surface area contributed by atoms with Crippen LogP contribution in [0.4, 0.5) is 4.39 Å². The minimum atomic E-state index is -3.63. The summed E-state index contributed by atoms with van der Waals surface area (Å²) in [4.78, 5) is 3.99. The molecular weight excluding hydrogens is 277 g/mol. The van der Waals surface area contributed by atoms with E-state index in [4.69, 9.17) is 4.74 Å². The van der Waals surface area contributed by atoms with Gasteiger partial charge in [-0.15, -0.1) is 0 Å². The first kappa shape index (κ1) is 15.8. The molecule has 19 heavy (non-hydrogen) atoms. The second-order valence-corrected chi connectivity index (χ2v) is 5.35. The minimum absolute atomic E-state index is 0.115. The van der Waals surface area contributed by atoms with Gasteiger partial charge in [0.05, 0.1) is 19.4 Å². The molecule has 0 amide bonds. The van der Waals surface area contributed by atoms with Crippen LogP contribution in [0.5, 0.6) is 5.75 Å². The van der Waals surface area contributed by atoms with Crippen molar-refractivity contribution in [2.75, 3.05) is 27.2 Å². The van der Waals surface area contributed by atoms with Gasteiger partial charge in [0, 0.05) is 11.8 Å². The van der Waals surface area contributed by atoms with E-state index in [0.717, 1.165) is 7.11 Å². The molecular formula is C11H16FNO5S. The number of pyridine rings is 1. The van der Waals surface area contributed by atoms with Crippen LogP contribution in [0.25, 0.3) is 0 Å². The average Bonchev–Trinajstić information content (AvgIpc) is 2.38. The molecule has 0 aliphatic carbocycles. The van der Waals surface area contributed by atoms with Crippen LogP contribution < -0.4 is 4.74 Å². The van der Waals surface area contributed by atoms with E-state index < -0.39 is 17.0 Å². The third-order valence-corrected chi connectivity index (χ3v) is 3.52. The van der Waals surface area contributed by atoms with Crippen LogP contribution in [-0.2, 0) is 24.8 Å².